The van der Waals surface area contributed by atoms with Crippen LogP contribution in [0.4, 0.5) is 0 Å². The normalized spacial score (nSPS) is 18.6. The SMILES string of the molecule is CC(c1ccc(Cl)cc1)N(C(=O)c1cn(C2CCNCC2)nn1)C1CC1.Cl. The van der Waals surface area contributed by atoms with Crippen LogP contribution in [0.1, 0.15) is 60.7 Å². The van der Waals surface area contributed by atoms with Gasteiger partial charge in [-0.15, -0.1) is 17.5 Å². The minimum Gasteiger partial charge on any atom is -0.327 e. The van der Waals surface area contributed by atoms with Gasteiger partial charge in [0, 0.05) is 11.1 Å². The zero-order valence-electron chi connectivity index (χ0n) is 15.3. The number of rotatable bonds is 5. The van der Waals surface area contributed by atoms with Gasteiger partial charge < -0.3 is 10.2 Å². The Balaban J connectivity index is 0.00000210. The molecule has 1 aromatic heterocycles. The second kappa shape index (κ2) is 8.59. The highest BCUT2D eigenvalue weighted by molar-refractivity contribution is 6.30. The van der Waals surface area contributed by atoms with Gasteiger partial charge in [-0.1, -0.05) is 28.9 Å². The van der Waals surface area contributed by atoms with E-state index in [-0.39, 0.29) is 30.4 Å². The third-order valence-corrected chi connectivity index (χ3v) is 5.61. The molecule has 2 aromatic rings. The molecule has 2 heterocycles. The Morgan fingerprint density at radius 3 is 2.52 bits per heavy atom. The third kappa shape index (κ3) is 4.45. The predicted octanol–water partition coefficient (Wildman–Crippen LogP) is 3.64. The molecule has 1 atom stereocenters. The molecule has 1 aromatic carbocycles. The average Bonchev–Trinajstić information content (AvgIpc) is 3.37. The van der Waals surface area contributed by atoms with Crippen LogP contribution in [-0.4, -0.2) is 44.9 Å². The topological polar surface area (TPSA) is 63.1 Å². The number of amides is 1. The van der Waals surface area contributed by atoms with Gasteiger partial charge in [-0.25, -0.2) is 4.68 Å². The highest BCUT2D eigenvalue weighted by Gasteiger charge is 2.38. The number of nitrogens with one attached hydrogen (secondary N) is 1. The van der Waals surface area contributed by atoms with Crippen molar-refractivity contribution < 1.29 is 4.79 Å². The molecule has 6 nitrogen and oxygen atoms in total. The van der Waals surface area contributed by atoms with E-state index < -0.39 is 0 Å². The smallest absolute Gasteiger partial charge is 0.276 e. The highest BCUT2D eigenvalue weighted by Crippen LogP contribution is 2.35. The summed E-state index contributed by atoms with van der Waals surface area (Å²) in [4.78, 5) is 15.1. The fourth-order valence-corrected chi connectivity index (χ4v) is 3.80. The van der Waals surface area contributed by atoms with Gasteiger partial charge in [-0.3, -0.25) is 4.79 Å². The molecular formula is C19H25Cl2N5O. The highest BCUT2D eigenvalue weighted by atomic mass is 35.5. The van der Waals surface area contributed by atoms with E-state index in [1.54, 1.807) is 0 Å². The van der Waals surface area contributed by atoms with E-state index in [0.29, 0.717) is 16.8 Å². The minimum atomic E-state index is -0.0323. The van der Waals surface area contributed by atoms with E-state index in [9.17, 15) is 4.79 Å². The summed E-state index contributed by atoms with van der Waals surface area (Å²) in [6.45, 7) is 4.03. The fourth-order valence-electron chi connectivity index (χ4n) is 3.67. The molecule has 1 amide bonds. The number of hydrogen-bond donors (Lipinski definition) is 1. The summed E-state index contributed by atoms with van der Waals surface area (Å²) >= 11 is 6.00. The van der Waals surface area contributed by atoms with Gasteiger partial charge in [0.2, 0.25) is 0 Å². The number of benzene rings is 1. The number of hydrogen-bond acceptors (Lipinski definition) is 4. The Labute approximate surface area is 170 Å². The molecule has 27 heavy (non-hydrogen) atoms. The molecule has 1 N–H and O–H groups in total. The number of halogens is 2. The number of carbonyl (C=O) groups excluding carboxylic acids is 1. The van der Waals surface area contributed by atoms with Crippen LogP contribution in [0, 0.1) is 0 Å². The summed E-state index contributed by atoms with van der Waals surface area (Å²) in [7, 11) is 0. The molecule has 0 spiro atoms. The van der Waals surface area contributed by atoms with Gasteiger partial charge in [0.05, 0.1) is 18.3 Å². The molecule has 1 saturated carbocycles. The summed E-state index contributed by atoms with van der Waals surface area (Å²) in [6.07, 6.45) is 5.95. The molecule has 0 bridgehead atoms. The first-order valence-corrected chi connectivity index (χ1v) is 9.72. The van der Waals surface area contributed by atoms with Gasteiger partial charge in [-0.2, -0.15) is 0 Å². The summed E-state index contributed by atoms with van der Waals surface area (Å²) in [5.41, 5.74) is 1.52. The van der Waals surface area contributed by atoms with E-state index in [2.05, 4.69) is 22.6 Å². The standard InChI is InChI=1S/C19H24ClN5O.ClH/c1-13(14-2-4-15(20)5-3-14)25(17-6-7-17)19(26)18-12-24(23-22-18)16-8-10-21-11-9-16;/h2-5,12-13,16-17,21H,6-11H2,1H3;1H. The van der Waals surface area contributed by atoms with Crippen molar-refractivity contribution in [3.05, 3.63) is 46.7 Å². The van der Waals surface area contributed by atoms with E-state index in [4.69, 9.17) is 11.6 Å². The van der Waals surface area contributed by atoms with Crippen LogP contribution in [-0.2, 0) is 0 Å². The number of aromatic nitrogens is 3. The van der Waals surface area contributed by atoms with E-state index >= 15 is 0 Å². The Morgan fingerprint density at radius 2 is 1.89 bits per heavy atom. The van der Waals surface area contributed by atoms with E-state index in [1.807, 2.05) is 40.0 Å². The molecule has 1 aliphatic heterocycles. The zero-order chi connectivity index (χ0) is 18.1. The molecular weight excluding hydrogens is 385 g/mol. The van der Waals surface area contributed by atoms with Gasteiger partial charge in [-0.05, 0) is 63.4 Å². The molecule has 2 fully saturated rings. The van der Waals surface area contributed by atoms with Crippen molar-refractivity contribution >= 4 is 29.9 Å². The van der Waals surface area contributed by atoms with Crippen LogP contribution < -0.4 is 5.32 Å². The second-order valence-electron chi connectivity index (χ2n) is 7.24. The van der Waals surface area contributed by atoms with Crippen LogP contribution in [0.15, 0.2) is 30.5 Å². The van der Waals surface area contributed by atoms with Crippen molar-refractivity contribution in [3.63, 3.8) is 0 Å². The molecule has 2 aliphatic rings. The molecule has 146 valence electrons. The van der Waals surface area contributed by atoms with Crippen LogP contribution >= 0.6 is 24.0 Å². The number of carbonyl (C=O) groups is 1. The summed E-state index contributed by atoms with van der Waals surface area (Å²) < 4.78 is 1.87. The zero-order valence-corrected chi connectivity index (χ0v) is 16.9. The van der Waals surface area contributed by atoms with Crippen LogP contribution in [0.5, 0.6) is 0 Å². The molecule has 1 unspecified atom stereocenters. The third-order valence-electron chi connectivity index (χ3n) is 5.36. The predicted molar refractivity (Wildman–Crippen MR) is 107 cm³/mol. The van der Waals surface area contributed by atoms with Gasteiger partial charge in [0.25, 0.3) is 5.91 Å². The minimum absolute atomic E-state index is 0. The summed E-state index contributed by atoms with van der Waals surface area (Å²) in [6, 6.07) is 8.32. The van der Waals surface area contributed by atoms with Gasteiger partial charge >= 0.3 is 0 Å². The maximum absolute atomic E-state index is 13.2. The largest absolute Gasteiger partial charge is 0.327 e. The lowest BCUT2D eigenvalue weighted by atomic mass is 10.1. The van der Waals surface area contributed by atoms with E-state index in [0.717, 1.165) is 44.3 Å². The average molecular weight is 410 g/mol. The van der Waals surface area contributed by atoms with E-state index in [1.165, 1.54) is 0 Å². The molecule has 8 heteroatoms. The van der Waals surface area contributed by atoms with Crippen molar-refractivity contribution in [2.75, 3.05) is 13.1 Å². The summed E-state index contributed by atoms with van der Waals surface area (Å²) in [5.74, 6) is -0.0323. The Morgan fingerprint density at radius 1 is 1.22 bits per heavy atom. The molecule has 0 radical (unpaired) electrons. The van der Waals surface area contributed by atoms with Crippen molar-refractivity contribution in [1.29, 1.82) is 0 Å². The van der Waals surface area contributed by atoms with Crippen LogP contribution in [0.3, 0.4) is 0 Å². The van der Waals surface area contributed by atoms with Gasteiger partial charge in [0.15, 0.2) is 5.69 Å². The molecule has 4 rings (SSSR count). The molecule has 1 aliphatic carbocycles. The quantitative estimate of drug-likeness (QED) is 0.818. The van der Waals surface area contributed by atoms with Crippen molar-refractivity contribution in [2.24, 2.45) is 0 Å². The lowest BCUT2D eigenvalue weighted by Gasteiger charge is -2.29. The first-order valence-electron chi connectivity index (χ1n) is 9.34. The summed E-state index contributed by atoms with van der Waals surface area (Å²) in [5, 5.41) is 12.5. The Bertz CT molecular complexity index is 769. The Kier molecular flexibility index (Phi) is 6.40. The lowest BCUT2D eigenvalue weighted by Crippen LogP contribution is -2.35. The van der Waals surface area contributed by atoms with Crippen LogP contribution in [0.2, 0.25) is 5.02 Å². The van der Waals surface area contributed by atoms with Crippen molar-refractivity contribution in [1.82, 2.24) is 25.2 Å². The monoisotopic (exact) mass is 409 g/mol. The lowest BCUT2D eigenvalue weighted by molar-refractivity contribution is 0.0667. The van der Waals surface area contributed by atoms with Crippen LogP contribution in [0.25, 0.3) is 0 Å². The van der Waals surface area contributed by atoms with Crippen molar-refractivity contribution in [2.45, 2.75) is 50.7 Å². The number of nitrogens with zero attached hydrogens (tertiary/aromatic N) is 4. The number of piperidine rings is 1. The van der Waals surface area contributed by atoms with Crippen molar-refractivity contribution in [3.8, 4) is 0 Å². The maximum Gasteiger partial charge on any atom is 0.276 e. The molecule has 1 saturated heterocycles. The first kappa shape index (κ1) is 20.1. The fraction of sp³-hybridized carbons (Fsp3) is 0.526. The van der Waals surface area contributed by atoms with Gasteiger partial charge in [0.1, 0.15) is 0 Å². The first-order chi connectivity index (χ1) is 12.6. The Hall–Kier alpha value is -1.63. The maximum atomic E-state index is 13.2. The second-order valence-corrected chi connectivity index (χ2v) is 7.67.